The van der Waals surface area contributed by atoms with Crippen molar-refractivity contribution in [1.82, 2.24) is 15.2 Å². The summed E-state index contributed by atoms with van der Waals surface area (Å²) in [5.41, 5.74) is 1.22. The second-order valence-electron chi connectivity index (χ2n) is 5.68. The molecule has 1 saturated heterocycles. The average Bonchev–Trinajstić information content (AvgIpc) is 3.25. The number of hydrogen-bond donors (Lipinski definition) is 1. The Balaban J connectivity index is 0.00000133. The van der Waals surface area contributed by atoms with Crippen LogP contribution in [0, 0.1) is 5.92 Å². The van der Waals surface area contributed by atoms with Gasteiger partial charge in [-0.3, -0.25) is 9.88 Å². The van der Waals surface area contributed by atoms with Crippen molar-refractivity contribution in [2.24, 2.45) is 5.92 Å². The Morgan fingerprint density at radius 1 is 1.16 bits per heavy atom. The molecular formula is C15H24ClN3. The van der Waals surface area contributed by atoms with Crippen molar-refractivity contribution in [1.29, 1.82) is 0 Å². The first kappa shape index (κ1) is 14.8. The molecule has 106 valence electrons. The van der Waals surface area contributed by atoms with Crippen molar-refractivity contribution in [2.75, 3.05) is 19.6 Å². The lowest BCUT2D eigenvalue weighted by atomic mass is 9.97. The van der Waals surface area contributed by atoms with Crippen LogP contribution in [0.4, 0.5) is 0 Å². The number of rotatable bonds is 5. The molecule has 0 atom stereocenters. The predicted molar refractivity (Wildman–Crippen MR) is 80.5 cm³/mol. The molecular weight excluding hydrogens is 258 g/mol. The van der Waals surface area contributed by atoms with Crippen molar-refractivity contribution in [2.45, 2.75) is 38.3 Å². The summed E-state index contributed by atoms with van der Waals surface area (Å²) in [6, 6.07) is 7.08. The SMILES string of the molecule is Cl.c1ccc(CN(CC2CCNCC2)C2CC2)nc1. The molecule has 4 heteroatoms. The summed E-state index contributed by atoms with van der Waals surface area (Å²) in [6.07, 6.45) is 7.36. The quantitative estimate of drug-likeness (QED) is 0.899. The van der Waals surface area contributed by atoms with Crippen molar-refractivity contribution in [3.63, 3.8) is 0 Å². The third-order valence-electron chi connectivity index (χ3n) is 4.11. The molecule has 0 bridgehead atoms. The highest BCUT2D eigenvalue weighted by molar-refractivity contribution is 5.85. The van der Waals surface area contributed by atoms with Gasteiger partial charge in [-0.05, 0) is 56.8 Å². The van der Waals surface area contributed by atoms with Crippen LogP contribution in [-0.2, 0) is 6.54 Å². The molecule has 1 aromatic rings. The van der Waals surface area contributed by atoms with Crippen LogP contribution in [-0.4, -0.2) is 35.6 Å². The van der Waals surface area contributed by atoms with E-state index in [0.29, 0.717) is 0 Å². The van der Waals surface area contributed by atoms with E-state index < -0.39 is 0 Å². The zero-order valence-electron chi connectivity index (χ0n) is 11.4. The Morgan fingerprint density at radius 2 is 1.95 bits per heavy atom. The molecule has 0 aromatic carbocycles. The number of hydrogen-bond acceptors (Lipinski definition) is 3. The van der Waals surface area contributed by atoms with E-state index in [-0.39, 0.29) is 12.4 Å². The van der Waals surface area contributed by atoms with E-state index in [9.17, 15) is 0 Å². The van der Waals surface area contributed by atoms with Crippen LogP contribution in [0.15, 0.2) is 24.4 Å². The smallest absolute Gasteiger partial charge is 0.0544 e. The van der Waals surface area contributed by atoms with E-state index in [0.717, 1.165) is 18.5 Å². The molecule has 1 aliphatic heterocycles. The molecule has 0 unspecified atom stereocenters. The lowest BCUT2D eigenvalue weighted by molar-refractivity contribution is 0.188. The number of nitrogens with one attached hydrogen (secondary N) is 1. The van der Waals surface area contributed by atoms with Crippen LogP contribution >= 0.6 is 12.4 Å². The molecule has 3 nitrogen and oxygen atoms in total. The Bertz CT molecular complexity index is 361. The van der Waals surface area contributed by atoms with Gasteiger partial charge in [0.2, 0.25) is 0 Å². The minimum absolute atomic E-state index is 0. The Morgan fingerprint density at radius 3 is 2.58 bits per heavy atom. The highest BCUT2D eigenvalue weighted by Gasteiger charge is 2.31. The first-order valence-electron chi connectivity index (χ1n) is 7.26. The zero-order valence-corrected chi connectivity index (χ0v) is 12.2. The summed E-state index contributed by atoms with van der Waals surface area (Å²) < 4.78 is 0. The second-order valence-corrected chi connectivity index (χ2v) is 5.68. The first-order chi connectivity index (χ1) is 8.92. The highest BCUT2D eigenvalue weighted by atomic mass is 35.5. The summed E-state index contributed by atoms with van der Waals surface area (Å²) >= 11 is 0. The van der Waals surface area contributed by atoms with Gasteiger partial charge in [0.05, 0.1) is 5.69 Å². The van der Waals surface area contributed by atoms with Gasteiger partial charge in [0, 0.05) is 25.3 Å². The van der Waals surface area contributed by atoms with Gasteiger partial charge in [-0.15, -0.1) is 12.4 Å². The summed E-state index contributed by atoms with van der Waals surface area (Å²) in [4.78, 5) is 7.13. The molecule has 3 rings (SSSR count). The summed E-state index contributed by atoms with van der Waals surface area (Å²) in [5.74, 6) is 0.885. The van der Waals surface area contributed by atoms with E-state index >= 15 is 0 Å². The molecule has 1 saturated carbocycles. The molecule has 1 aliphatic carbocycles. The average molecular weight is 282 g/mol. The molecule has 2 heterocycles. The molecule has 0 radical (unpaired) electrons. The van der Waals surface area contributed by atoms with Crippen molar-refractivity contribution >= 4 is 12.4 Å². The third-order valence-corrected chi connectivity index (χ3v) is 4.11. The molecule has 2 aliphatic rings. The van der Waals surface area contributed by atoms with Crippen molar-refractivity contribution < 1.29 is 0 Å². The zero-order chi connectivity index (χ0) is 12.2. The lowest BCUT2D eigenvalue weighted by Crippen LogP contribution is -2.37. The summed E-state index contributed by atoms with van der Waals surface area (Å²) in [7, 11) is 0. The minimum atomic E-state index is 0. The number of piperidine rings is 1. The van der Waals surface area contributed by atoms with Crippen molar-refractivity contribution in [3.05, 3.63) is 30.1 Å². The Hall–Kier alpha value is -0.640. The molecule has 0 amide bonds. The fourth-order valence-electron chi connectivity index (χ4n) is 2.88. The fourth-order valence-corrected chi connectivity index (χ4v) is 2.88. The van der Waals surface area contributed by atoms with Crippen LogP contribution in [0.3, 0.4) is 0 Å². The van der Waals surface area contributed by atoms with Gasteiger partial charge in [-0.25, -0.2) is 0 Å². The van der Waals surface area contributed by atoms with Crippen LogP contribution in [0.5, 0.6) is 0 Å². The monoisotopic (exact) mass is 281 g/mol. The van der Waals surface area contributed by atoms with Crippen molar-refractivity contribution in [3.8, 4) is 0 Å². The fraction of sp³-hybridized carbons (Fsp3) is 0.667. The van der Waals surface area contributed by atoms with Gasteiger partial charge >= 0.3 is 0 Å². The topological polar surface area (TPSA) is 28.2 Å². The molecule has 1 N–H and O–H groups in total. The largest absolute Gasteiger partial charge is 0.317 e. The second kappa shape index (κ2) is 7.22. The number of pyridine rings is 1. The van der Waals surface area contributed by atoms with Crippen LogP contribution in [0.1, 0.15) is 31.4 Å². The lowest BCUT2D eigenvalue weighted by Gasteiger charge is -2.30. The van der Waals surface area contributed by atoms with Crippen LogP contribution in [0.2, 0.25) is 0 Å². The molecule has 0 spiro atoms. The van der Waals surface area contributed by atoms with E-state index in [1.54, 1.807) is 0 Å². The van der Waals surface area contributed by atoms with Gasteiger partial charge < -0.3 is 5.32 Å². The van der Waals surface area contributed by atoms with Gasteiger partial charge in [0.15, 0.2) is 0 Å². The number of aromatic nitrogens is 1. The normalized spacial score (nSPS) is 20.3. The maximum atomic E-state index is 4.47. The maximum absolute atomic E-state index is 4.47. The Kier molecular flexibility index (Phi) is 5.61. The minimum Gasteiger partial charge on any atom is -0.317 e. The van der Waals surface area contributed by atoms with Crippen LogP contribution in [0.25, 0.3) is 0 Å². The number of nitrogens with zero attached hydrogens (tertiary/aromatic N) is 2. The third kappa shape index (κ3) is 4.44. The highest BCUT2D eigenvalue weighted by Crippen LogP contribution is 2.30. The maximum Gasteiger partial charge on any atom is 0.0544 e. The van der Waals surface area contributed by atoms with E-state index in [1.165, 1.54) is 51.0 Å². The summed E-state index contributed by atoms with van der Waals surface area (Å²) in [5, 5.41) is 3.45. The Labute approximate surface area is 122 Å². The van der Waals surface area contributed by atoms with E-state index in [1.807, 2.05) is 12.3 Å². The number of halogens is 1. The van der Waals surface area contributed by atoms with Crippen LogP contribution < -0.4 is 5.32 Å². The molecule has 1 aromatic heterocycles. The van der Waals surface area contributed by atoms with Gasteiger partial charge in [-0.2, -0.15) is 0 Å². The van der Waals surface area contributed by atoms with E-state index in [2.05, 4.69) is 27.3 Å². The van der Waals surface area contributed by atoms with Gasteiger partial charge in [0.25, 0.3) is 0 Å². The standard InChI is InChI=1S/C15H23N3.ClH/c1-2-8-17-14(3-1)12-18(15-4-5-15)11-13-6-9-16-10-7-13;/h1-3,8,13,15-16H,4-7,9-12H2;1H. The van der Waals surface area contributed by atoms with E-state index in [4.69, 9.17) is 0 Å². The van der Waals surface area contributed by atoms with Gasteiger partial charge in [-0.1, -0.05) is 6.07 Å². The molecule has 19 heavy (non-hydrogen) atoms. The van der Waals surface area contributed by atoms with Gasteiger partial charge in [0.1, 0.15) is 0 Å². The first-order valence-corrected chi connectivity index (χ1v) is 7.26. The predicted octanol–water partition coefficient (Wildman–Crippen LogP) is 2.47. The summed E-state index contributed by atoms with van der Waals surface area (Å²) in [6.45, 7) is 4.71. The molecule has 2 fully saturated rings.